The number of methoxy groups -OCH3 is 2. The number of para-hydroxylation sites is 1. The van der Waals surface area contributed by atoms with Crippen LogP contribution in [0, 0.1) is 6.92 Å². The van der Waals surface area contributed by atoms with E-state index in [-0.39, 0.29) is 12.0 Å². The predicted molar refractivity (Wildman–Crippen MR) is 118 cm³/mol. The Balaban J connectivity index is 1.32. The van der Waals surface area contributed by atoms with Crippen molar-refractivity contribution in [1.29, 1.82) is 0 Å². The molecule has 1 fully saturated rings. The van der Waals surface area contributed by atoms with E-state index in [1.54, 1.807) is 25.6 Å². The molecule has 2 aromatic carbocycles. The summed E-state index contributed by atoms with van der Waals surface area (Å²) >= 11 is 1.58. The molecule has 1 saturated heterocycles. The summed E-state index contributed by atoms with van der Waals surface area (Å²) in [5, 5.41) is 0.717. The summed E-state index contributed by atoms with van der Waals surface area (Å²) in [5.41, 5.74) is 3.09. The third-order valence-electron chi connectivity index (χ3n) is 5.47. The van der Waals surface area contributed by atoms with Crippen LogP contribution in [-0.2, 0) is 11.2 Å². The van der Waals surface area contributed by atoms with Gasteiger partial charge in [0.1, 0.15) is 6.10 Å². The van der Waals surface area contributed by atoms with Crippen LogP contribution in [0.4, 0.5) is 0 Å². The van der Waals surface area contributed by atoms with Gasteiger partial charge in [-0.1, -0.05) is 29.5 Å². The third-order valence-corrected chi connectivity index (χ3v) is 6.38. The summed E-state index contributed by atoms with van der Waals surface area (Å²) in [5.74, 6) is 1.42. The molecule has 30 heavy (non-hydrogen) atoms. The minimum absolute atomic E-state index is 0.0935. The topological polar surface area (TPSA) is 60.9 Å². The quantitative estimate of drug-likeness (QED) is 0.590. The Kier molecular flexibility index (Phi) is 6.08. The van der Waals surface area contributed by atoms with Crippen LogP contribution in [0.1, 0.15) is 24.0 Å². The second kappa shape index (κ2) is 8.92. The van der Waals surface area contributed by atoms with Crippen LogP contribution in [0.2, 0.25) is 0 Å². The predicted octanol–water partition coefficient (Wildman–Crippen LogP) is 4.23. The summed E-state index contributed by atoms with van der Waals surface area (Å²) < 4.78 is 17.9. The average Bonchev–Trinajstić information content (AvgIpc) is 3.18. The SMILES string of the molecule is COc1ccc(CC(=O)N2CCC(Oc3nc4c(C)cccc4s3)CC2)cc1OC. The van der Waals surface area contributed by atoms with E-state index >= 15 is 0 Å². The van der Waals surface area contributed by atoms with Gasteiger partial charge >= 0.3 is 0 Å². The van der Waals surface area contributed by atoms with E-state index in [4.69, 9.17) is 14.2 Å². The number of carbonyl (C=O) groups excluding carboxylic acids is 1. The fourth-order valence-corrected chi connectivity index (χ4v) is 4.72. The lowest BCUT2D eigenvalue weighted by Gasteiger charge is -2.31. The number of fused-ring (bicyclic) bond motifs is 1. The normalized spacial score (nSPS) is 14.7. The molecule has 2 heterocycles. The maximum absolute atomic E-state index is 12.7. The smallest absolute Gasteiger partial charge is 0.274 e. The summed E-state index contributed by atoms with van der Waals surface area (Å²) in [7, 11) is 3.20. The Labute approximate surface area is 180 Å². The Bertz CT molecular complexity index is 1040. The zero-order valence-corrected chi connectivity index (χ0v) is 18.3. The van der Waals surface area contributed by atoms with Crippen LogP contribution in [0.25, 0.3) is 10.2 Å². The number of carbonyl (C=O) groups is 1. The fourth-order valence-electron chi connectivity index (χ4n) is 3.76. The highest BCUT2D eigenvalue weighted by molar-refractivity contribution is 7.20. The molecule has 0 atom stereocenters. The highest BCUT2D eigenvalue weighted by atomic mass is 32.1. The van der Waals surface area contributed by atoms with Crippen molar-refractivity contribution in [3.8, 4) is 16.7 Å². The van der Waals surface area contributed by atoms with E-state index in [0.29, 0.717) is 31.0 Å². The van der Waals surface area contributed by atoms with Crippen LogP contribution in [0.3, 0.4) is 0 Å². The van der Waals surface area contributed by atoms with Gasteiger partial charge in [0, 0.05) is 25.9 Å². The van der Waals surface area contributed by atoms with Crippen molar-refractivity contribution >= 4 is 27.5 Å². The molecule has 0 aliphatic carbocycles. The number of hydrogen-bond acceptors (Lipinski definition) is 6. The van der Waals surface area contributed by atoms with Crippen molar-refractivity contribution in [3.63, 3.8) is 0 Å². The molecule has 158 valence electrons. The van der Waals surface area contributed by atoms with E-state index in [2.05, 4.69) is 24.0 Å². The number of amides is 1. The van der Waals surface area contributed by atoms with Crippen molar-refractivity contribution in [2.24, 2.45) is 0 Å². The van der Waals surface area contributed by atoms with Crippen molar-refractivity contribution in [3.05, 3.63) is 47.5 Å². The molecule has 4 rings (SSSR count). The summed E-state index contributed by atoms with van der Waals surface area (Å²) in [6, 6.07) is 11.8. The second-order valence-corrected chi connectivity index (χ2v) is 8.46. The van der Waals surface area contributed by atoms with Crippen molar-refractivity contribution in [2.75, 3.05) is 27.3 Å². The third kappa shape index (κ3) is 4.36. The molecule has 1 amide bonds. The van der Waals surface area contributed by atoms with Gasteiger partial charge in [0.15, 0.2) is 11.5 Å². The monoisotopic (exact) mass is 426 g/mol. The number of hydrogen-bond donors (Lipinski definition) is 0. The van der Waals surface area contributed by atoms with Gasteiger partial charge in [0.25, 0.3) is 5.19 Å². The lowest BCUT2D eigenvalue weighted by Crippen LogP contribution is -2.42. The molecule has 1 aromatic heterocycles. The van der Waals surface area contributed by atoms with Crippen LogP contribution in [-0.4, -0.2) is 49.2 Å². The first kappa shape index (κ1) is 20.5. The number of aryl methyl sites for hydroxylation is 1. The molecule has 0 bridgehead atoms. The van der Waals surface area contributed by atoms with Crippen LogP contribution >= 0.6 is 11.3 Å². The highest BCUT2D eigenvalue weighted by Gasteiger charge is 2.25. The molecule has 0 saturated carbocycles. The number of benzene rings is 2. The maximum atomic E-state index is 12.7. The second-order valence-electron chi connectivity index (χ2n) is 7.47. The molecular weight excluding hydrogens is 400 g/mol. The summed E-state index contributed by atoms with van der Waals surface area (Å²) in [4.78, 5) is 19.3. The molecule has 0 spiro atoms. The van der Waals surface area contributed by atoms with Gasteiger partial charge in [-0.15, -0.1) is 0 Å². The number of aromatic nitrogens is 1. The lowest BCUT2D eigenvalue weighted by atomic mass is 10.1. The van der Waals surface area contributed by atoms with E-state index in [0.717, 1.165) is 39.4 Å². The fraction of sp³-hybridized carbons (Fsp3) is 0.391. The largest absolute Gasteiger partial charge is 0.493 e. The number of nitrogens with zero attached hydrogens (tertiary/aromatic N) is 2. The Hall–Kier alpha value is -2.80. The number of thiazole rings is 1. The zero-order valence-electron chi connectivity index (χ0n) is 17.5. The Morgan fingerprint density at radius 2 is 1.90 bits per heavy atom. The van der Waals surface area contributed by atoms with Gasteiger partial charge in [-0.05, 0) is 36.2 Å². The molecule has 3 aromatic rings. The van der Waals surface area contributed by atoms with Gasteiger partial charge < -0.3 is 19.1 Å². The van der Waals surface area contributed by atoms with Crippen LogP contribution < -0.4 is 14.2 Å². The van der Waals surface area contributed by atoms with Gasteiger partial charge in [0.2, 0.25) is 5.91 Å². The van der Waals surface area contributed by atoms with Crippen LogP contribution in [0.15, 0.2) is 36.4 Å². The van der Waals surface area contributed by atoms with E-state index in [1.165, 1.54) is 0 Å². The average molecular weight is 427 g/mol. The number of likely N-dealkylation sites (tertiary alicyclic amines) is 1. The number of rotatable bonds is 6. The van der Waals surface area contributed by atoms with Crippen LogP contribution in [0.5, 0.6) is 16.7 Å². The van der Waals surface area contributed by atoms with Gasteiger partial charge in [-0.2, -0.15) is 0 Å². The van der Waals surface area contributed by atoms with Gasteiger partial charge in [-0.25, -0.2) is 4.98 Å². The molecule has 6 nitrogen and oxygen atoms in total. The Morgan fingerprint density at radius 1 is 1.13 bits per heavy atom. The van der Waals surface area contributed by atoms with Gasteiger partial charge in [0.05, 0.1) is 30.9 Å². The molecule has 0 unspecified atom stereocenters. The molecule has 0 radical (unpaired) electrons. The van der Waals surface area contributed by atoms with Crippen molar-refractivity contribution < 1.29 is 19.0 Å². The molecule has 7 heteroatoms. The zero-order chi connectivity index (χ0) is 21.1. The summed E-state index contributed by atoms with van der Waals surface area (Å²) in [6.45, 7) is 3.45. The molecule has 0 N–H and O–H groups in total. The molecule has 1 aliphatic rings. The molecular formula is C23H26N2O4S. The highest BCUT2D eigenvalue weighted by Crippen LogP contribution is 2.31. The van der Waals surface area contributed by atoms with E-state index in [9.17, 15) is 4.79 Å². The standard InChI is InChI=1S/C23H26N2O4S/c1-15-5-4-6-20-22(15)24-23(30-20)29-17-9-11-25(12-10-17)21(26)14-16-7-8-18(27-2)19(13-16)28-3/h4-8,13,17H,9-12,14H2,1-3H3. The first-order chi connectivity index (χ1) is 14.6. The minimum atomic E-state index is 0.0935. The first-order valence-corrected chi connectivity index (χ1v) is 10.9. The maximum Gasteiger partial charge on any atom is 0.274 e. The lowest BCUT2D eigenvalue weighted by molar-refractivity contribution is -0.132. The van der Waals surface area contributed by atoms with E-state index < -0.39 is 0 Å². The molecule has 1 aliphatic heterocycles. The van der Waals surface area contributed by atoms with Crippen molar-refractivity contribution in [2.45, 2.75) is 32.3 Å². The Morgan fingerprint density at radius 3 is 2.60 bits per heavy atom. The van der Waals surface area contributed by atoms with Crippen molar-refractivity contribution in [1.82, 2.24) is 9.88 Å². The van der Waals surface area contributed by atoms with Gasteiger partial charge in [-0.3, -0.25) is 4.79 Å². The summed E-state index contributed by atoms with van der Waals surface area (Å²) in [6.07, 6.45) is 2.07. The van der Waals surface area contributed by atoms with E-state index in [1.807, 2.05) is 29.2 Å². The first-order valence-electron chi connectivity index (χ1n) is 10.1. The number of ether oxygens (including phenoxy) is 3. The minimum Gasteiger partial charge on any atom is -0.493 e. The number of piperidine rings is 1.